The molecule has 0 radical (unpaired) electrons. The molecule has 0 aliphatic heterocycles. The Balaban J connectivity index is 2.31. The molecule has 1 rings (SSSR count). The minimum atomic E-state index is 0.808. The van der Waals surface area contributed by atoms with E-state index in [9.17, 15) is 0 Å². The Morgan fingerprint density at radius 2 is 2.23 bits per heavy atom. The lowest BCUT2D eigenvalue weighted by molar-refractivity contribution is -0.706. The fourth-order valence-electron chi connectivity index (χ4n) is 1.58. The van der Waals surface area contributed by atoms with Gasteiger partial charge in [-0.3, -0.25) is 0 Å². The van der Waals surface area contributed by atoms with Crippen molar-refractivity contribution < 1.29 is 8.98 Å². The monoisotopic (exact) mass is 182 g/mol. The van der Waals surface area contributed by atoms with Crippen LogP contribution in [0.5, 0.6) is 0 Å². The van der Waals surface area contributed by atoms with Crippen molar-refractivity contribution in [1.82, 2.24) is 0 Å². The van der Waals surface area contributed by atoms with Crippen LogP contribution in [-0.2, 0) is 6.54 Å². The van der Waals surface area contributed by atoms with Crippen LogP contribution in [0.3, 0.4) is 0 Å². The second kappa shape index (κ2) is 5.79. The molecule has 0 aliphatic rings. The molecular formula is C11H20NO+. The average molecular weight is 182 g/mol. The zero-order chi connectivity index (χ0) is 9.52. The van der Waals surface area contributed by atoms with Crippen molar-refractivity contribution in [2.24, 2.45) is 5.92 Å². The van der Waals surface area contributed by atoms with Crippen LogP contribution in [0, 0.1) is 5.92 Å². The van der Waals surface area contributed by atoms with E-state index in [0.29, 0.717) is 0 Å². The summed E-state index contributed by atoms with van der Waals surface area (Å²) in [5.41, 5.74) is 0. The lowest BCUT2D eigenvalue weighted by Crippen LogP contribution is -2.34. The highest BCUT2D eigenvalue weighted by Crippen LogP contribution is 2.12. The molecule has 0 spiro atoms. The Morgan fingerprint density at radius 3 is 2.77 bits per heavy atom. The molecular weight excluding hydrogens is 162 g/mol. The normalized spacial score (nSPS) is 13.1. The van der Waals surface area contributed by atoms with Crippen LogP contribution in [0.1, 0.15) is 39.5 Å². The minimum Gasteiger partial charge on any atom is -0.412 e. The van der Waals surface area contributed by atoms with E-state index in [1.165, 1.54) is 25.7 Å². The van der Waals surface area contributed by atoms with Crippen LogP contribution in [0.15, 0.2) is 23.3 Å². The number of nitrogens with zero attached hydrogens (tertiary/aromatic N) is 1. The number of hydrogen-bond donors (Lipinski definition) is 0. The molecule has 1 aromatic heterocycles. The number of rotatable bonds is 6. The van der Waals surface area contributed by atoms with Gasteiger partial charge in [0.1, 0.15) is 0 Å². The third kappa shape index (κ3) is 3.62. The van der Waals surface area contributed by atoms with Gasteiger partial charge in [0.2, 0.25) is 6.20 Å². The molecule has 0 N–H and O–H groups in total. The maximum Gasteiger partial charge on any atom is 0.334 e. The molecule has 74 valence electrons. The Kier molecular flexibility index (Phi) is 4.58. The summed E-state index contributed by atoms with van der Waals surface area (Å²) in [5, 5.41) is 0. The van der Waals surface area contributed by atoms with Gasteiger partial charge in [-0.15, -0.1) is 0 Å². The maximum atomic E-state index is 5.03. The summed E-state index contributed by atoms with van der Waals surface area (Å²) in [6.45, 7) is 5.62. The average Bonchev–Trinajstić information content (AvgIpc) is 2.64. The predicted octanol–water partition coefficient (Wildman–Crippen LogP) is 2.78. The Bertz CT molecular complexity index is 206. The van der Waals surface area contributed by atoms with Crippen molar-refractivity contribution in [1.29, 1.82) is 0 Å². The molecule has 0 amide bonds. The molecule has 0 saturated heterocycles. The van der Waals surface area contributed by atoms with Gasteiger partial charge in [0.05, 0.1) is 0 Å². The minimum absolute atomic E-state index is 0.808. The van der Waals surface area contributed by atoms with Crippen molar-refractivity contribution in [2.75, 3.05) is 0 Å². The first-order chi connectivity index (χ1) is 6.36. The second-order valence-corrected chi connectivity index (χ2v) is 3.64. The lowest BCUT2D eigenvalue weighted by atomic mass is 9.99. The van der Waals surface area contributed by atoms with Gasteiger partial charge in [0, 0.05) is 5.92 Å². The summed E-state index contributed by atoms with van der Waals surface area (Å²) < 4.78 is 7.16. The Labute approximate surface area is 80.6 Å². The van der Waals surface area contributed by atoms with E-state index in [1.54, 1.807) is 12.7 Å². The highest BCUT2D eigenvalue weighted by atomic mass is 16.3. The highest BCUT2D eigenvalue weighted by Gasteiger charge is 2.12. The van der Waals surface area contributed by atoms with Crippen LogP contribution >= 0.6 is 0 Å². The van der Waals surface area contributed by atoms with Gasteiger partial charge in [-0.1, -0.05) is 26.7 Å². The number of oxazole rings is 1. The largest absolute Gasteiger partial charge is 0.412 e. The van der Waals surface area contributed by atoms with E-state index < -0.39 is 0 Å². The Morgan fingerprint density at radius 1 is 1.38 bits per heavy atom. The van der Waals surface area contributed by atoms with E-state index in [2.05, 4.69) is 18.4 Å². The van der Waals surface area contributed by atoms with Gasteiger partial charge in [0.15, 0.2) is 12.8 Å². The van der Waals surface area contributed by atoms with Crippen LogP contribution in [0.2, 0.25) is 0 Å². The number of aromatic nitrogens is 1. The van der Waals surface area contributed by atoms with Gasteiger partial charge in [-0.2, -0.15) is 4.57 Å². The summed E-state index contributed by atoms with van der Waals surface area (Å²) in [7, 11) is 0. The van der Waals surface area contributed by atoms with Gasteiger partial charge >= 0.3 is 6.39 Å². The first kappa shape index (κ1) is 10.3. The van der Waals surface area contributed by atoms with Crippen molar-refractivity contribution in [3.63, 3.8) is 0 Å². The third-order valence-corrected chi connectivity index (χ3v) is 2.54. The van der Waals surface area contributed by atoms with E-state index in [1.807, 2.05) is 6.20 Å². The van der Waals surface area contributed by atoms with Crippen LogP contribution in [0.4, 0.5) is 0 Å². The van der Waals surface area contributed by atoms with E-state index in [0.717, 1.165) is 12.5 Å². The van der Waals surface area contributed by atoms with Crippen molar-refractivity contribution in [3.05, 3.63) is 18.9 Å². The van der Waals surface area contributed by atoms with Gasteiger partial charge in [0.25, 0.3) is 0 Å². The molecule has 1 heterocycles. The molecule has 2 heteroatoms. The van der Waals surface area contributed by atoms with Crippen molar-refractivity contribution >= 4 is 0 Å². The van der Waals surface area contributed by atoms with E-state index in [4.69, 9.17) is 4.42 Å². The SMILES string of the molecule is CCCCC(CC)C[n+]1ccoc1. The molecule has 0 aliphatic carbocycles. The van der Waals surface area contributed by atoms with Gasteiger partial charge in [-0.05, 0) is 12.8 Å². The van der Waals surface area contributed by atoms with Crippen LogP contribution < -0.4 is 4.57 Å². The second-order valence-electron chi connectivity index (χ2n) is 3.64. The molecule has 1 aromatic rings. The molecule has 1 atom stereocenters. The molecule has 2 nitrogen and oxygen atoms in total. The maximum absolute atomic E-state index is 5.03. The topological polar surface area (TPSA) is 17.0 Å². The van der Waals surface area contributed by atoms with Gasteiger partial charge in [-0.25, -0.2) is 0 Å². The molecule has 0 fully saturated rings. The quantitative estimate of drug-likeness (QED) is 0.618. The van der Waals surface area contributed by atoms with Crippen LogP contribution in [0.25, 0.3) is 0 Å². The van der Waals surface area contributed by atoms with Gasteiger partial charge < -0.3 is 4.42 Å². The number of hydrogen-bond acceptors (Lipinski definition) is 1. The fourth-order valence-corrected chi connectivity index (χ4v) is 1.58. The summed E-state index contributed by atoms with van der Waals surface area (Å²) in [6.07, 6.45) is 10.8. The zero-order valence-electron chi connectivity index (χ0n) is 8.70. The smallest absolute Gasteiger partial charge is 0.334 e. The summed E-state index contributed by atoms with van der Waals surface area (Å²) in [6, 6.07) is 0. The standard InChI is InChI=1S/C11H20NO/c1-3-5-6-11(4-2)9-12-7-8-13-10-12/h7-8,10-11H,3-6,9H2,1-2H3/q+1. The molecule has 0 bridgehead atoms. The van der Waals surface area contributed by atoms with E-state index >= 15 is 0 Å². The molecule has 0 aromatic carbocycles. The Hall–Kier alpha value is -0.790. The fraction of sp³-hybridized carbons (Fsp3) is 0.727. The summed E-state index contributed by atoms with van der Waals surface area (Å²) in [5.74, 6) is 0.808. The van der Waals surface area contributed by atoms with Crippen molar-refractivity contribution in [2.45, 2.75) is 46.1 Å². The van der Waals surface area contributed by atoms with Crippen LogP contribution in [-0.4, -0.2) is 0 Å². The molecule has 13 heavy (non-hydrogen) atoms. The predicted molar refractivity (Wildman–Crippen MR) is 52.2 cm³/mol. The first-order valence-corrected chi connectivity index (χ1v) is 5.28. The van der Waals surface area contributed by atoms with E-state index in [-0.39, 0.29) is 0 Å². The lowest BCUT2D eigenvalue weighted by Gasteiger charge is -2.08. The number of unbranched alkanes of at least 4 members (excludes halogenated alkanes) is 1. The highest BCUT2D eigenvalue weighted by molar-refractivity contribution is 4.53. The summed E-state index contributed by atoms with van der Waals surface area (Å²) >= 11 is 0. The molecule has 0 saturated carbocycles. The zero-order valence-corrected chi connectivity index (χ0v) is 8.70. The molecule has 1 unspecified atom stereocenters. The third-order valence-electron chi connectivity index (χ3n) is 2.54. The summed E-state index contributed by atoms with van der Waals surface area (Å²) in [4.78, 5) is 0. The first-order valence-electron chi connectivity index (χ1n) is 5.28. The van der Waals surface area contributed by atoms with Crippen molar-refractivity contribution in [3.8, 4) is 0 Å².